The average Bonchev–Trinajstić information content (AvgIpc) is 3.50. The van der Waals surface area contributed by atoms with E-state index in [1.807, 2.05) is 18.2 Å². The van der Waals surface area contributed by atoms with Crippen molar-refractivity contribution < 1.29 is 18.6 Å². The second-order valence-corrected chi connectivity index (χ2v) is 9.15. The van der Waals surface area contributed by atoms with Gasteiger partial charge >= 0.3 is 0 Å². The number of ether oxygens (including phenoxy) is 3. The van der Waals surface area contributed by atoms with Gasteiger partial charge in [0.25, 0.3) is 0 Å². The maximum Gasteiger partial charge on any atom is 0.231 e. The molecule has 0 bridgehead atoms. The smallest absolute Gasteiger partial charge is 0.231 e. The van der Waals surface area contributed by atoms with Gasteiger partial charge < -0.3 is 19.1 Å². The van der Waals surface area contributed by atoms with Crippen LogP contribution in [0.4, 0.5) is 4.39 Å². The fourth-order valence-electron chi connectivity index (χ4n) is 4.21. The van der Waals surface area contributed by atoms with Gasteiger partial charge in [-0.3, -0.25) is 4.90 Å². The number of hydrogen-bond donors (Lipinski definition) is 0. The zero-order valence-corrected chi connectivity index (χ0v) is 18.7. The molecule has 0 aliphatic carbocycles. The first-order valence-corrected chi connectivity index (χ1v) is 11.9. The third kappa shape index (κ3) is 5.23. The Bertz CT molecular complexity index is 1020. The van der Waals surface area contributed by atoms with Crippen molar-refractivity contribution in [1.29, 1.82) is 0 Å². The minimum Gasteiger partial charge on any atom is -0.485 e. The first-order chi connectivity index (χ1) is 15.7. The van der Waals surface area contributed by atoms with Crippen molar-refractivity contribution in [3.8, 4) is 17.2 Å². The molecule has 2 aliphatic rings. The Labute approximate surface area is 191 Å². The Morgan fingerprint density at radius 2 is 1.78 bits per heavy atom. The third-order valence-electron chi connectivity index (χ3n) is 5.95. The molecule has 2 aliphatic heterocycles. The van der Waals surface area contributed by atoms with Crippen LogP contribution in [0.3, 0.4) is 0 Å². The fraction of sp³-hybridized carbons (Fsp3) is 0.360. The van der Waals surface area contributed by atoms with Gasteiger partial charge in [0.15, 0.2) is 11.5 Å². The van der Waals surface area contributed by atoms with Gasteiger partial charge in [0.1, 0.15) is 17.7 Å². The van der Waals surface area contributed by atoms with Gasteiger partial charge in [-0.15, -0.1) is 11.3 Å². The monoisotopic (exact) mass is 454 g/mol. The van der Waals surface area contributed by atoms with Gasteiger partial charge in [-0.1, -0.05) is 18.2 Å². The highest BCUT2D eigenvalue weighted by Crippen LogP contribution is 2.33. The molecule has 168 valence electrons. The molecular weight excluding hydrogens is 427 g/mol. The Balaban J connectivity index is 1.13. The van der Waals surface area contributed by atoms with Crippen molar-refractivity contribution >= 4 is 11.3 Å². The lowest BCUT2D eigenvalue weighted by atomic mass is 10.1. The van der Waals surface area contributed by atoms with E-state index in [9.17, 15) is 4.39 Å². The summed E-state index contributed by atoms with van der Waals surface area (Å²) in [5.41, 5.74) is 1.25. The van der Waals surface area contributed by atoms with E-state index in [-0.39, 0.29) is 11.9 Å². The maximum atomic E-state index is 13.6. The highest BCUT2D eigenvalue weighted by Gasteiger charge is 2.21. The molecule has 2 aromatic carbocycles. The molecule has 32 heavy (non-hydrogen) atoms. The summed E-state index contributed by atoms with van der Waals surface area (Å²) in [6, 6.07) is 16.7. The van der Waals surface area contributed by atoms with Crippen molar-refractivity contribution in [1.82, 2.24) is 9.80 Å². The zero-order valence-electron chi connectivity index (χ0n) is 17.9. The van der Waals surface area contributed by atoms with Crippen molar-refractivity contribution in [3.63, 3.8) is 0 Å². The molecule has 5 rings (SSSR count). The lowest BCUT2D eigenvalue weighted by Crippen LogP contribution is -2.46. The number of piperazine rings is 1. The highest BCUT2D eigenvalue weighted by molar-refractivity contribution is 7.10. The quantitative estimate of drug-likeness (QED) is 0.481. The Kier molecular flexibility index (Phi) is 6.57. The van der Waals surface area contributed by atoms with Crippen molar-refractivity contribution in [2.24, 2.45) is 0 Å². The molecule has 0 N–H and O–H groups in total. The Hall–Kier alpha value is -2.61. The molecular formula is C25H27FN2O3S. The van der Waals surface area contributed by atoms with Crippen molar-refractivity contribution in [2.75, 3.05) is 39.5 Å². The van der Waals surface area contributed by atoms with E-state index in [1.165, 1.54) is 22.6 Å². The highest BCUT2D eigenvalue weighted by atomic mass is 32.1. The summed E-state index contributed by atoms with van der Waals surface area (Å²) in [5, 5.41) is 2.06. The molecule has 1 aromatic heterocycles. The molecule has 1 unspecified atom stereocenters. The molecule has 1 saturated heterocycles. The van der Waals surface area contributed by atoms with Crippen molar-refractivity contribution in [2.45, 2.75) is 19.1 Å². The fourth-order valence-corrected chi connectivity index (χ4v) is 5.00. The Morgan fingerprint density at radius 1 is 0.938 bits per heavy atom. The SMILES string of the molecule is Fc1cccc(OC(CCN2CCN(Cc3ccc4c(c3)OCO4)CC2)c2cccs2)c1. The molecule has 1 fully saturated rings. The van der Waals surface area contributed by atoms with Gasteiger partial charge in [0, 0.05) is 56.6 Å². The second kappa shape index (κ2) is 9.90. The van der Waals surface area contributed by atoms with Crippen LogP contribution in [0.15, 0.2) is 60.0 Å². The lowest BCUT2D eigenvalue weighted by Gasteiger charge is -2.35. The summed E-state index contributed by atoms with van der Waals surface area (Å²) in [7, 11) is 0. The topological polar surface area (TPSA) is 34.2 Å². The van der Waals surface area contributed by atoms with Gasteiger partial charge in [-0.25, -0.2) is 4.39 Å². The summed E-state index contributed by atoms with van der Waals surface area (Å²) in [6.07, 6.45) is 0.808. The van der Waals surface area contributed by atoms with Crippen LogP contribution < -0.4 is 14.2 Å². The minimum atomic E-state index is -0.272. The predicted octanol–water partition coefficient (Wildman–Crippen LogP) is 4.94. The number of halogens is 1. The van der Waals surface area contributed by atoms with Crippen LogP contribution in [0, 0.1) is 5.82 Å². The first kappa shape index (κ1) is 21.2. The summed E-state index contributed by atoms with van der Waals surface area (Å²) in [6.45, 7) is 6.31. The number of benzene rings is 2. The molecule has 0 radical (unpaired) electrons. The molecule has 0 saturated carbocycles. The van der Waals surface area contributed by atoms with Gasteiger partial charge in [-0.2, -0.15) is 0 Å². The van der Waals surface area contributed by atoms with Crippen molar-refractivity contribution in [3.05, 3.63) is 76.2 Å². The first-order valence-electron chi connectivity index (χ1n) is 11.0. The summed E-state index contributed by atoms with van der Waals surface area (Å²) >= 11 is 1.69. The van der Waals surface area contributed by atoms with E-state index in [1.54, 1.807) is 17.4 Å². The van der Waals surface area contributed by atoms with Crippen LogP contribution in [0.1, 0.15) is 23.0 Å². The largest absolute Gasteiger partial charge is 0.485 e. The van der Waals surface area contributed by atoms with Crippen LogP contribution in [0.5, 0.6) is 17.2 Å². The van der Waals surface area contributed by atoms with E-state index < -0.39 is 0 Å². The third-order valence-corrected chi connectivity index (χ3v) is 6.91. The van der Waals surface area contributed by atoms with Gasteiger partial charge in [0.05, 0.1) is 0 Å². The van der Waals surface area contributed by atoms with E-state index in [4.69, 9.17) is 14.2 Å². The summed E-state index contributed by atoms with van der Waals surface area (Å²) in [4.78, 5) is 6.15. The molecule has 0 spiro atoms. The van der Waals surface area contributed by atoms with E-state index in [2.05, 4.69) is 33.4 Å². The van der Waals surface area contributed by atoms with Crippen LogP contribution >= 0.6 is 11.3 Å². The number of fused-ring (bicyclic) bond motifs is 1. The lowest BCUT2D eigenvalue weighted by molar-refractivity contribution is 0.107. The van der Waals surface area contributed by atoms with E-state index >= 15 is 0 Å². The van der Waals surface area contributed by atoms with Gasteiger partial charge in [-0.05, 0) is 41.3 Å². The van der Waals surface area contributed by atoms with Crippen LogP contribution in [-0.4, -0.2) is 49.3 Å². The second-order valence-electron chi connectivity index (χ2n) is 8.17. The number of hydrogen-bond acceptors (Lipinski definition) is 6. The zero-order chi connectivity index (χ0) is 21.8. The molecule has 7 heteroatoms. The minimum absolute atomic E-state index is 0.0662. The Morgan fingerprint density at radius 3 is 2.59 bits per heavy atom. The average molecular weight is 455 g/mol. The van der Waals surface area contributed by atoms with Crippen LogP contribution in [0.25, 0.3) is 0 Å². The van der Waals surface area contributed by atoms with Gasteiger partial charge in [0.2, 0.25) is 6.79 Å². The molecule has 5 nitrogen and oxygen atoms in total. The summed E-state index contributed by atoms with van der Waals surface area (Å²) in [5.74, 6) is 1.99. The van der Waals surface area contributed by atoms with Crippen LogP contribution in [0.2, 0.25) is 0 Å². The normalized spacial score (nSPS) is 17.4. The number of nitrogens with zero attached hydrogens (tertiary/aromatic N) is 2. The van der Waals surface area contributed by atoms with E-state index in [0.717, 1.165) is 57.2 Å². The summed E-state index contributed by atoms with van der Waals surface area (Å²) < 4.78 is 30.7. The molecule has 1 atom stereocenters. The molecule has 0 amide bonds. The van der Waals surface area contributed by atoms with E-state index in [0.29, 0.717) is 12.5 Å². The predicted molar refractivity (Wildman–Crippen MR) is 123 cm³/mol. The standard InChI is InChI=1S/C25H27FN2O3S/c26-20-3-1-4-21(16-20)31-23(25-5-2-14-32-25)8-9-27-10-12-28(13-11-27)17-19-6-7-22-24(15-19)30-18-29-22/h1-7,14-16,23H,8-13,17-18H2. The molecule has 3 aromatic rings. The maximum absolute atomic E-state index is 13.6. The molecule has 3 heterocycles. The number of rotatable bonds is 8. The number of thiophene rings is 1. The van der Waals surface area contributed by atoms with Crippen LogP contribution in [-0.2, 0) is 6.54 Å².